The molecular formula is C11H19N3. The van der Waals surface area contributed by atoms with Crippen LogP contribution in [0.1, 0.15) is 37.5 Å². The molecule has 1 aromatic heterocycles. The number of rotatable bonds is 4. The maximum absolute atomic E-state index is 5.87. The zero-order valence-electron chi connectivity index (χ0n) is 9.25. The largest absolute Gasteiger partial charge is 0.327 e. The third-order valence-corrected chi connectivity index (χ3v) is 2.28. The van der Waals surface area contributed by atoms with E-state index in [9.17, 15) is 0 Å². The molecule has 78 valence electrons. The van der Waals surface area contributed by atoms with Crippen molar-refractivity contribution in [3.8, 4) is 0 Å². The van der Waals surface area contributed by atoms with Crippen LogP contribution in [0.25, 0.3) is 0 Å². The first-order valence-corrected chi connectivity index (χ1v) is 5.24. The molecule has 0 bridgehead atoms. The third kappa shape index (κ3) is 3.07. The van der Waals surface area contributed by atoms with Gasteiger partial charge in [-0.2, -0.15) is 0 Å². The van der Waals surface area contributed by atoms with E-state index in [1.165, 1.54) is 0 Å². The number of nitrogens with two attached hydrogens (primary N) is 1. The summed E-state index contributed by atoms with van der Waals surface area (Å²) < 4.78 is 0. The molecule has 2 N–H and O–H groups in total. The van der Waals surface area contributed by atoms with Crippen molar-refractivity contribution in [2.75, 3.05) is 0 Å². The van der Waals surface area contributed by atoms with Gasteiger partial charge in [0.2, 0.25) is 0 Å². The van der Waals surface area contributed by atoms with Gasteiger partial charge in [0.15, 0.2) is 0 Å². The van der Waals surface area contributed by atoms with E-state index in [1.807, 2.05) is 13.0 Å². The normalized spacial score (nSPS) is 12.9. The van der Waals surface area contributed by atoms with Crippen LogP contribution in [0.5, 0.6) is 0 Å². The van der Waals surface area contributed by atoms with Crippen LogP contribution in [0.3, 0.4) is 0 Å². The predicted molar refractivity (Wildman–Crippen MR) is 58.1 cm³/mol. The highest BCUT2D eigenvalue weighted by Gasteiger charge is 2.05. The molecule has 3 nitrogen and oxygen atoms in total. The van der Waals surface area contributed by atoms with Gasteiger partial charge in [0.1, 0.15) is 5.82 Å². The van der Waals surface area contributed by atoms with Gasteiger partial charge in [-0.25, -0.2) is 9.97 Å². The topological polar surface area (TPSA) is 51.8 Å². The van der Waals surface area contributed by atoms with E-state index in [0.29, 0.717) is 0 Å². The second-order valence-electron chi connectivity index (χ2n) is 3.64. The molecule has 0 radical (unpaired) electrons. The van der Waals surface area contributed by atoms with Crippen LogP contribution in [0, 0.1) is 6.92 Å². The van der Waals surface area contributed by atoms with E-state index in [2.05, 4.69) is 23.8 Å². The van der Waals surface area contributed by atoms with E-state index in [4.69, 9.17) is 5.73 Å². The summed E-state index contributed by atoms with van der Waals surface area (Å²) in [5.41, 5.74) is 8.01. The molecule has 3 heteroatoms. The Labute approximate surface area is 85.8 Å². The first-order chi connectivity index (χ1) is 6.65. The second kappa shape index (κ2) is 5.05. The highest BCUT2D eigenvalue weighted by atomic mass is 14.9. The summed E-state index contributed by atoms with van der Waals surface area (Å²) >= 11 is 0. The molecule has 14 heavy (non-hydrogen) atoms. The molecule has 1 aromatic rings. The smallest absolute Gasteiger partial charge is 0.130 e. The van der Waals surface area contributed by atoms with E-state index in [1.54, 1.807) is 0 Å². The first-order valence-electron chi connectivity index (χ1n) is 5.24. The highest BCUT2D eigenvalue weighted by Crippen LogP contribution is 2.04. The highest BCUT2D eigenvalue weighted by molar-refractivity contribution is 5.10. The maximum atomic E-state index is 5.87. The minimum atomic E-state index is 0.182. The lowest BCUT2D eigenvalue weighted by Crippen LogP contribution is -2.23. The quantitative estimate of drug-likeness (QED) is 0.790. The summed E-state index contributed by atoms with van der Waals surface area (Å²) in [6.07, 6.45) is 2.71. The number of hydrogen-bond donors (Lipinski definition) is 1. The van der Waals surface area contributed by atoms with Gasteiger partial charge in [-0.15, -0.1) is 0 Å². The minimum absolute atomic E-state index is 0.182. The lowest BCUT2D eigenvalue weighted by atomic mass is 10.1. The monoisotopic (exact) mass is 193 g/mol. The standard InChI is InChI=1S/C11H19N3/c1-4-9(12)7-11-13-8(3)6-10(5-2)14-11/h6,9H,4-5,7,12H2,1-3H3. The number of aromatic nitrogens is 2. The number of aryl methyl sites for hydroxylation is 2. The molecule has 0 saturated carbocycles. The van der Waals surface area contributed by atoms with Crippen molar-refractivity contribution in [1.82, 2.24) is 9.97 Å². The van der Waals surface area contributed by atoms with Gasteiger partial charge in [0, 0.05) is 23.9 Å². The van der Waals surface area contributed by atoms with Crippen LogP contribution in [-0.4, -0.2) is 16.0 Å². The molecule has 0 aliphatic carbocycles. The Morgan fingerprint density at radius 3 is 2.64 bits per heavy atom. The van der Waals surface area contributed by atoms with Crippen molar-refractivity contribution < 1.29 is 0 Å². The minimum Gasteiger partial charge on any atom is -0.327 e. The molecule has 0 aliphatic rings. The fourth-order valence-corrected chi connectivity index (χ4v) is 1.35. The van der Waals surface area contributed by atoms with Crippen LogP contribution in [0.15, 0.2) is 6.07 Å². The van der Waals surface area contributed by atoms with E-state index < -0.39 is 0 Å². The summed E-state index contributed by atoms with van der Waals surface area (Å²) in [5, 5.41) is 0. The fraction of sp³-hybridized carbons (Fsp3) is 0.636. The third-order valence-electron chi connectivity index (χ3n) is 2.28. The summed E-state index contributed by atoms with van der Waals surface area (Å²) in [6, 6.07) is 2.21. The van der Waals surface area contributed by atoms with Gasteiger partial charge in [-0.3, -0.25) is 0 Å². The Morgan fingerprint density at radius 2 is 2.07 bits per heavy atom. The lowest BCUT2D eigenvalue weighted by Gasteiger charge is -2.08. The van der Waals surface area contributed by atoms with Crippen LogP contribution < -0.4 is 5.73 Å². The molecule has 1 atom stereocenters. The second-order valence-corrected chi connectivity index (χ2v) is 3.64. The molecule has 0 aromatic carbocycles. The van der Waals surface area contributed by atoms with Gasteiger partial charge in [0.25, 0.3) is 0 Å². The molecule has 0 fully saturated rings. The molecular weight excluding hydrogens is 174 g/mol. The van der Waals surface area contributed by atoms with Crippen LogP contribution in [0.2, 0.25) is 0 Å². The SMILES string of the molecule is CCc1cc(C)nc(CC(N)CC)n1. The van der Waals surface area contributed by atoms with Crippen LogP contribution in [0.4, 0.5) is 0 Å². The van der Waals surface area contributed by atoms with E-state index >= 15 is 0 Å². The first kappa shape index (κ1) is 11.1. The lowest BCUT2D eigenvalue weighted by molar-refractivity contribution is 0.620. The Kier molecular flexibility index (Phi) is 4.01. The number of nitrogens with zero attached hydrogens (tertiary/aromatic N) is 2. The summed E-state index contributed by atoms with van der Waals surface area (Å²) in [6.45, 7) is 6.19. The van der Waals surface area contributed by atoms with Crippen molar-refractivity contribution in [3.63, 3.8) is 0 Å². The molecule has 0 amide bonds. The average Bonchev–Trinajstić information content (AvgIpc) is 2.16. The van der Waals surface area contributed by atoms with Gasteiger partial charge in [-0.1, -0.05) is 13.8 Å². The summed E-state index contributed by atoms with van der Waals surface area (Å²) in [5.74, 6) is 0.885. The predicted octanol–water partition coefficient (Wildman–Crippen LogP) is 1.63. The Bertz CT molecular complexity index is 297. The fourth-order valence-electron chi connectivity index (χ4n) is 1.35. The van der Waals surface area contributed by atoms with Gasteiger partial charge in [-0.05, 0) is 25.8 Å². The number of hydrogen-bond acceptors (Lipinski definition) is 3. The van der Waals surface area contributed by atoms with Gasteiger partial charge < -0.3 is 5.73 Å². The van der Waals surface area contributed by atoms with Crippen molar-refractivity contribution in [2.45, 2.75) is 46.1 Å². The molecule has 0 spiro atoms. The van der Waals surface area contributed by atoms with Crippen LogP contribution >= 0.6 is 0 Å². The van der Waals surface area contributed by atoms with Crippen LogP contribution in [-0.2, 0) is 12.8 Å². The summed E-state index contributed by atoms with van der Waals surface area (Å²) in [7, 11) is 0. The van der Waals surface area contributed by atoms with Crippen molar-refractivity contribution in [1.29, 1.82) is 0 Å². The molecule has 0 aliphatic heterocycles. The molecule has 0 saturated heterocycles. The average molecular weight is 193 g/mol. The maximum Gasteiger partial charge on any atom is 0.130 e. The van der Waals surface area contributed by atoms with E-state index in [-0.39, 0.29) is 6.04 Å². The zero-order valence-corrected chi connectivity index (χ0v) is 9.25. The molecule has 1 rings (SSSR count). The summed E-state index contributed by atoms with van der Waals surface area (Å²) in [4.78, 5) is 8.83. The molecule has 1 heterocycles. The Balaban J connectivity index is 2.81. The van der Waals surface area contributed by atoms with Crippen molar-refractivity contribution >= 4 is 0 Å². The van der Waals surface area contributed by atoms with E-state index in [0.717, 1.165) is 36.5 Å². The van der Waals surface area contributed by atoms with Crippen molar-refractivity contribution in [3.05, 3.63) is 23.3 Å². The van der Waals surface area contributed by atoms with Gasteiger partial charge in [0.05, 0.1) is 0 Å². The Hall–Kier alpha value is -0.960. The Morgan fingerprint density at radius 1 is 1.36 bits per heavy atom. The van der Waals surface area contributed by atoms with Gasteiger partial charge >= 0.3 is 0 Å². The zero-order chi connectivity index (χ0) is 10.6. The molecule has 1 unspecified atom stereocenters. The van der Waals surface area contributed by atoms with Crippen molar-refractivity contribution in [2.24, 2.45) is 5.73 Å².